The lowest BCUT2D eigenvalue weighted by Crippen LogP contribution is -2.28. The van der Waals surface area contributed by atoms with Gasteiger partial charge in [0.1, 0.15) is 10.9 Å². The van der Waals surface area contributed by atoms with Crippen LogP contribution in [0.3, 0.4) is 0 Å². The number of amides is 1. The highest BCUT2D eigenvalue weighted by Gasteiger charge is 2.25. The minimum Gasteiger partial charge on any atom is -0.493 e. The molecule has 1 aromatic carbocycles. The molecule has 2 atom stereocenters. The average Bonchev–Trinajstić information content (AvgIpc) is 3.27. The summed E-state index contributed by atoms with van der Waals surface area (Å²) in [4.78, 5) is 32.5. The Hall–Kier alpha value is -3.33. The van der Waals surface area contributed by atoms with Gasteiger partial charge in [0.2, 0.25) is 5.88 Å². The minimum absolute atomic E-state index is 0.0743. The molecule has 3 aromatic heterocycles. The lowest BCUT2D eigenvalue weighted by atomic mass is 9.89. The molecule has 0 saturated heterocycles. The second kappa shape index (κ2) is 7.67. The topological polar surface area (TPSA) is 102 Å². The molecule has 4 aromatic rings. The van der Waals surface area contributed by atoms with Crippen molar-refractivity contribution in [3.8, 4) is 5.88 Å². The standard InChI is InChI=1S/C23H23N5O3S/c1-12-8-9-15-17(10-12)32-21-18(15)22(30)28(11-24-21)13(2)20(29)26-25-19-14-6-4-5-7-16(14)27(3)23(19)31/h4-7,11-13,31H,8-10H2,1-3H3/t12-,13+/m0/s1. The van der Waals surface area contributed by atoms with Crippen LogP contribution in [0.15, 0.2) is 45.6 Å². The van der Waals surface area contributed by atoms with Crippen LogP contribution in [0.4, 0.5) is 5.69 Å². The summed E-state index contributed by atoms with van der Waals surface area (Å²) in [6, 6.07) is 6.48. The number of aromatic hydroxyl groups is 1. The summed E-state index contributed by atoms with van der Waals surface area (Å²) in [6.07, 6.45) is 4.29. The number of carbonyl (C=O) groups excluding carboxylic acids is 1. The van der Waals surface area contributed by atoms with Crippen LogP contribution in [0.25, 0.3) is 21.1 Å². The number of para-hydroxylation sites is 1. The molecule has 5 rings (SSSR count). The van der Waals surface area contributed by atoms with Gasteiger partial charge in [-0.25, -0.2) is 4.98 Å². The van der Waals surface area contributed by atoms with Gasteiger partial charge in [0.15, 0.2) is 5.69 Å². The van der Waals surface area contributed by atoms with Gasteiger partial charge in [-0.1, -0.05) is 25.1 Å². The molecule has 1 aliphatic carbocycles. The third-order valence-corrected chi connectivity index (χ3v) is 7.48. The highest BCUT2D eigenvalue weighted by molar-refractivity contribution is 7.18. The van der Waals surface area contributed by atoms with Crippen LogP contribution in [0.2, 0.25) is 0 Å². The van der Waals surface area contributed by atoms with Crippen molar-refractivity contribution in [1.82, 2.24) is 14.1 Å². The number of fused-ring (bicyclic) bond motifs is 4. The van der Waals surface area contributed by atoms with E-state index in [1.165, 1.54) is 15.8 Å². The fourth-order valence-corrected chi connectivity index (χ4v) is 5.72. The Kier molecular flexibility index (Phi) is 4.93. The molecular formula is C23H23N5O3S. The monoisotopic (exact) mass is 449 g/mol. The number of aromatic nitrogens is 3. The van der Waals surface area contributed by atoms with E-state index in [2.05, 4.69) is 22.1 Å². The van der Waals surface area contributed by atoms with Crippen molar-refractivity contribution in [2.75, 3.05) is 0 Å². The van der Waals surface area contributed by atoms with E-state index in [1.807, 2.05) is 18.2 Å². The fraction of sp³-hybridized carbons (Fsp3) is 0.348. The molecule has 0 fully saturated rings. The Morgan fingerprint density at radius 2 is 2.12 bits per heavy atom. The first kappa shape index (κ1) is 20.6. The quantitative estimate of drug-likeness (QED) is 0.460. The van der Waals surface area contributed by atoms with Crippen molar-refractivity contribution in [2.45, 2.75) is 39.2 Å². The molecule has 1 aliphatic rings. The first-order chi connectivity index (χ1) is 15.4. The first-order valence-electron chi connectivity index (χ1n) is 10.6. The van der Waals surface area contributed by atoms with Crippen molar-refractivity contribution in [3.63, 3.8) is 0 Å². The zero-order valence-corrected chi connectivity index (χ0v) is 18.9. The number of thiophene rings is 1. The molecule has 32 heavy (non-hydrogen) atoms. The maximum absolute atomic E-state index is 13.3. The zero-order chi connectivity index (χ0) is 22.6. The van der Waals surface area contributed by atoms with Crippen LogP contribution in [0, 0.1) is 5.92 Å². The van der Waals surface area contributed by atoms with Crippen molar-refractivity contribution in [3.05, 3.63) is 51.4 Å². The third kappa shape index (κ3) is 3.15. The number of aryl methyl sites for hydroxylation is 2. The van der Waals surface area contributed by atoms with Crippen LogP contribution in [-0.2, 0) is 24.7 Å². The summed E-state index contributed by atoms with van der Waals surface area (Å²) >= 11 is 1.58. The number of rotatable bonds is 3. The number of nitrogens with zero attached hydrogens (tertiary/aromatic N) is 5. The molecular weight excluding hydrogens is 426 g/mol. The predicted octanol–water partition coefficient (Wildman–Crippen LogP) is 4.65. The molecule has 164 valence electrons. The second-order valence-electron chi connectivity index (χ2n) is 8.45. The van der Waals surface area contributed by atoms with Crippen molar-refractivity contribution in [1.29, 1.82) is 0 Å². The van der Waals surface area contributed by atoms with Gasteiger partial charge >= 0.3 is 0 Å². The van der Waals surface area contributed by atoms with Gasteiger partial charge in [-0.15, -0.1) is 21.6 Å². The van der Waals surface area contributed by atoms with Crippen molar-refractivity contribution >= 4 is 44.1 Å². The number of carbonyl (C=O) groups is 1. The fourth-order valence-electron chi connectivity index (χ4n) is 4.38. The highest BCUT2D eigenvalue weighted by Crippen LogP contribution is 2.38. The van der Waals surface area contributed by atoms with E-state index in [-0.39, 0.29) is 17.1 Å². The van der Waals surface area contributed by atoms with E-state index in [1.54, 1.807) is 35.9 Å². The summed E-state index contributed by atoms with van der Waals surface area (Å²) in [6.45, 7) is 3.83. The Balaban J connectivity index is 1.49. The maximum Gasteiger partial charge on any atom is 0.287 e. The molecule has 1 N–H and O–H groups in total. The normalized spacial score (nSPS) is 17.3. The molecule has 9 heteroatoms. The van der Waals surface area contributed by atoms with Gasteiger partial charge in [-0.2, -0.15) is 0 Å². The number of hydrogen-bond acceptors (Lipinski definition) is 6. The second-order valence-corrected chi connectivity index (χ2v) is 9.54. The van der Waals surface area contributed by atoms with E-state index in [9.17, 15) is 14.7 Å². The zero-order valence-electron chi connectivity index (χ0n) is 18.1. The average molecular weight is 450 g/mol. The Bertz CT molecular complexity index is 1460. The third-order valence-electron chi connectivity index (χ3n) is 6.31. The summed E-state index contributed by atoms with van der Waals surface area (Å²) < 4.78 is 2.91. The van der Waals surface area contributed by atoms with Gasteiger partial charge in [-0.05, 0) is 43.7 Å². The van der Waals surface area contributed by atoms with Crippen LogP contribution in [-0.4, -0.2) is 25.1 Å². The van der Waals surface area contributed by atoms with Gasteiger partial charge in [0.25, 0.3) is 11.5 Å². The van der Waals surface area contributed by atoms with Gasteiger partial charge in [0.05, 0.1) is 17.2 Å². The molecule has 3 heterocycles. The molecule has 0 bridgehead atoms. The van der Waals surface area contributed by atoms with Crippen LogP contribution < -0.4 is 5.56 Å². The van der Waals surface area contributed by atoms with E-state index in [0.29, 0.717) is 16.7 Å². The summed E-state index contributed by atoms with van der Waals surface area (Å²) in [7, 11) is 1.71. The lowest BCUT2D eigenvalue weighted by Gasteiger charge is -2.17. The van der Waals surface area contributed by atoms with E-state index in [4.69, 9.17) is 0 Å². The van der Waals surface area contributed by atoms with Gasteiger partial charge in [0, 0.05) is 17.3 Å². The molecule has 0 aliphatic heterocycles. The van der Waals surface area contributed by atoms with Crippen LogP contribution in [0.1, 0.15) is 36.8 Å². The molecule has 0 radical (unpaired) electrons. The van der Waals surface area contributed by atoms with E-state index < -0.39 is 11.9 Å². The molecule has 0 unspecified atom stereocenters. The predicted molar refractivity (Wildman–Crippen MR) is 124 cm³/mol. The van der Waals surface area contributed by atoms with E-state index >= 15 is 0 Å². The highest BCUT2D eigenvalue weighted by atomic mass is 32.1. The minimum atomic E-state index is -0.863. The largest absolute Gasteiger partial charge is 0.493 e. The molecule has 8 nitrogen and oxygen atoms in total. The maximum atomic E-state index is 13.3. The number of hydrogen-bond donors (Lipinski definition) is 1. The summed E-state index contributed by atoms with van der Waals surface area (Å²) in [5.74, 6) is -0.0581. The molecule has 1 amide bonds. The van der Waals surface area contributed by atoms with Crippen molar-refractivity contribution < 1.29 is 9.90 Å². The molecule has 0 spiro atoms. The van der Waals surface area contributed by atoms with E-state index in [0.717, 1.165) is 35.2 Å². The molecule has 0 saturated carbocycles. The lowest BCUT2D eigenvalue weighted by molar-refractivity contribution is -0.121. The van der Waals surface area contributed by atoms with Crippen LogP contribution >= 0.6 is 11.3 Å². The van der Waals surface area contributed by atoms with Crippen LogP contribution in [0.5, 0.6) is 5.88 Å². The van der Waals surface area contributed by atoms with Crippen molar-refractivity contribution in [2.24, 2.45) is 23.2 Å². The number of azo groups is 1. The Morgan fingerprint density at radius 1 is 1.34 bits per heavy atom. The number of benzene rings is 1. The van der Waals surface area contributed by atoms with Gasteiger partial charge in [-0.3, -0.25) is 14.2 Å². The first-order valence-corrected chi connectivity index (χ1v) is 11.4. The SMILES string of the molecule is C[C@H]1CCc2c(sc3ncn([C@H](C)C(=O)N=Nc4c(O)n(C)c5ccccc45)c(=O)c23)C1. The summed E-state index contributed by atoms with van der Waals surface area (Å²) in [5.41, 5.74) is 1.87. The van der Waals surface area contributed by atoms with Gasteiger partial charge < -0.3 is 9.67 Å². The smallest absolute Gasteiger partial charge is 0.287 e. The Labute approximate surface area is 187 Å². The summed E-state index contributed by atoms with van der Waals surface area (Å²) in [5, 5.41) is 19.6. The Morgan fingerprint density at radius 3 is 2.94 bits per heavy atom.